The fraction of sp³-hybridized carbons (Fsp3) is 0.706. The molecule has 2 saturated heterocycles. The van der Waals surface area contributed by atoms with Gasteiger partial charge in [0, 0.05) is 24.6 Å². The smallest absolute Gasteiger partial charge is 0.390 e. The Morgan fingerprint density at radius 3 is 2.54 bits per heavy atom. The fourth-order valence-corrected chi connectivity index (χ4v) is 5.78. The molecule has 2 unspecified atom stereocenters. The second-order valence-corrected chi connectivity index (χ2v) is 11.5. The summed E-state index contributed by atoms with van der Waals surface area (Å²) in [6.07, 6.45) is -5.27. The number of nitrogens with zero attached hydrogens (tertiary/aromatic N) is 1. The molecule has 1 aromatic heterocycles. The van der Waals surface area contributed by atoms with E-state index in [0.29, 0.717) is 0 Å². The van der Waals surface area contributed by atoms with Gasteiger partial charge in [0.2, 0.25) is 0 Å². The van der Waals surface area contributed by atoms with Crippen LogP contribution in [0.5, 0.6) is 0 Å². The number of phosphoric acid groups is 2. The van der Waals surface area contributed by atoms with Gasteiger partial charge in [-0.2, -0.15) is 4.31 Å². The number of rotatable bonds is 8. The standard InChI is InChI=1S/C17H27N3O13P2/c1-8-6-20(16(24)19-15(8)23)12-4-10(21)11(31-12)7-29-34(25,26)33-35(27,28)32-13-5-17(3,18)14(22)9(2)30-13/h6,9-13,21H,4-5,7,18H2,1-3H3,(H,25,26)(H,27,28)(H,19,23,24)/t9-,10-,11+,12+,13+,17-/m0/s1. The molecule has 16 nitrogen and oxygen atoms in total. The molecule has 8 atom stereocenters. The Morgan fingerprint density at radius 2 is 1.91 bits per heavy atom. The van der Waals surface area contributed by atoms with Crippen LogP contribution in [-0.2, 0) is 36.8 Å². The van der Waals surface area contributed by atoms with Crippen molar-refractivity contribution in [2.45, 2.75) is 70.0 Å². The Kier molecular flexibility index (Phi) is 8.07. The first-order chi connectivity index (χ1) is 16.0. The molecule has 0 aliphatic carbocycles. The van der Waals surface area contributed by atoms with E-state index in [9.17, 15) is 38.4 Å². The minimum Gasteiger partial charge on any atom is -0.390 e. The number of H-pyrrole nitrogens is 1. The van der Waals surface area contributed by atoms with Crippen molar-refractivity contribution in [3.8, 4) is 0 Å². The number of Topliss-reactive ketones (excluding diaryl/α,β-unsaturated/α-hetero) is 1. The first-order valence-electron chi connectivity index (χ1n) is 10.3. The highest BCUT2D eigenvalue weighted by Gasteiger charge is 2.46. The predicted octanol–water partition coefficient (Wildman–Crippen LogP) is -0.835. The van der Waals surface area contributed by atoms with Gasteiger partial charge in [0.05, 0.1) is 18.2 Å². The summed E-state index contributed by atoms with van der Waals surface area (Å²) in [6.45, 7) is 3.42. The van der Waals surface area contributed by atoms with E-state index in [-0.39, 0.29) is 18.4 Å². The van der Waals surface area contributed by atoms with Gasteiger partial charge in [-0.25, -0.2) is 13.9 Å². The van der Waals surface area contributed by atoms with E-state index in [2.05, 4.69) is 13.8 Å². The van der Waals surface area contributed by atoms with Crippen LogP contribution < -0.4 is 17.0 Å². The van der Waals surface area contributed by atoms with Crippen molar-refractivity contribution in [1.29, 1.82) is 0 Å². The van der Waals surface area contributed by atoms with Gasteiger partial charge in [0.25, 0.3) is 5.56 Å². The molecule has 2 fully saturated rings. The molecule has 0 saturated carbocycles. The van der Waals surface area contributed by atoms with Gasteiger partial charge in [-0.05, 0) is 20.8 Å². The topological polar surface area (TPSA) is 239 Å². The van der Waals surface area contributed by atoms with Crippen LogP contribution in [0.25, 0.3) is 0 Å². The van der Waals surface area contributed by atoms with Crippen LogP contribution in [0.4, 0.5) is 0 Å². The lowest BCUT2D eigenvalue weighted by atomic mass is 9.88. The summed E-state index contributed by atoms with van der Waals surface area (Å²) in [7, 11) is -10.5. The maximum absolute atomic E-state index is 12.2. The number of hydrogen-bond donors (Lipinski definition) is 5. The Balaban J connectivity index is 1.58. The number of nitrogens with two attached hydrogens (primary N) is 1. The first kappa shape index (κ1) is 28.0. The molecule has 3 heterocycles. The molecule has 18 heteroatoms. The molecular formula is C17H27N3O13P2. The summed E-state index contributed by atoms with van der Waals surface area (Å²) in [5.41, 5.74) is 3.24. The third-order valence-corrected chi connectivity index (χ3v) is 8.03. The zero-order valence-electron chi connectivity index (χ0n) is 18.9. The Morgan fingerprint density at radius 1 is 1.26 bits per heavy atom. The summed E-state index contributed by atoms with van der Waals surface area (Å²) in [6, 6.07) is 0. The second-order valence-electron chi connectivity index (χ2n) is 8.52. The molecule has 0 bridgehead atoms. The number of aliphatic hydroxyl groups excluding tert-OH is 1. The van der Waals surface area contributed by atoms with E-state index in [1.54, 1.807) is 0 Å². The fourth-order valence-electron chi connectivity index (χ4n) is 3.64. The molecular weight excluding hydrogens is 516 g/mol. The number of ether oxygens (including phenoxy) is 2. The molecule has 1 aromatic rings. The molecule has 2 aliphatic rings. The average Bonchev–Trinajstić information content (AvgIpc) is 3.06. The number of phosphoric ester groups is 2. The first-order valence-corrected chi connectivity index (χ1v) is 13.3. The lowest BCUT2D eigenvalue weighted by molar-refractivity contribution is -0.179. The van der Waals surface area contributed by atoms with Crippen molar-refractivity contribution >= 4 is 21.4 Å². The molecule has 0 spiro atoms. The highest BCUT2D eigenvalue weighted by molar-refractivity contribution is 7.61. The number of aromatic nitrogens is 2. The quantitative estimate of drug-likeness (QED) is 0.251. The van der Waals surface area contributed by atoms with Crippen molar-refractivity contribution in [3.63, 3.8) is 0 Å². The van der Waals surface area contributed by atoms with E-state index in [4.69, 9.17) is 19.7 Å². The van der Waals surface area contributed by atoms with Gasteiger partial charge < -0.3 is 30.1 Å². The molecule has 0 radical (unpaired) electrons. The number of carbonyl (C=O) groups is 1. The third-order valence-electron chi connectivity index (χ3n) is 5.40. The highest BCUT2D eigenvalue weighted by atomic mass is 31.3. The van der Waals surface area contributed by atoms with Crippen molar-refractivity contribution < 1.29 is 51.6 Å². The number of nitrogens with one attached hydrogen (secondary N) is 1. The summed E-state index contributed by atoms with van der Waals surface area (Å²) >= 11 is 0. The van der Waals surface area contributed by atoms with Crippen molar-refractivity contribution in [2.75, 3.05) is 6.61 Å². The number of aliphatic hydroxyl groups is 1. The second kappa shape index (κ2) is 10.1. The van der Waals surface area contributed by atoms with Gasteiger partial charge in [-0.1, -0.05) is 0 Å². The van der Waals surface area contributed by atoms with E-state index >= 15 is 0 Å². The molecule has 6 N–H and O–H groups in total. The van der Waals surface area contributed by atoms with Crippen LogP contribution in [0.1, 0.15) is 38.5 Å². The molecule has 0 aromatic carbocycles. The number of aromatic amines is 1. The summed E-state index contributed by atoms with van der Waals surface area (Å²) in [4.78, 5) is 57.3. The third kappa shape index (κ3) is 6.81. The SMILES string of the molecule is Cc1cn([C@H]2C[C@H](O)[C@@H](COP(=O)(O)OP(=O)(O)O[C@@H]3C[C@](C)(N)C(=O)[C@H](C)O3)O2)c(=O)[nH]c1=O. The summed E-state index contributed by atoms with van der Waals surface area (Å²) < 4.78 is 49.8. The summed E-state index contributed by atoms with van der Waals surface area (Å²) in [5.74, 6) is -0.463. The Hall–Kier alpha value is -1.55. The van der Waals surface area contributed by atoms with Crippen LogP contribution in [0.2, 0.25) is 0 Å². The maximum atomic E-state index is 12.2. The van der Waals surface area contributed by atoms with Crippen LogP contribution >= 0.6 is 15.6 Å². The van der Waals surface area contributed by atoms with Crippen LogP contribution in [-0.4, -0.2) is 67.0 Å². The van der Waals surface area contributed by atoms with Crippen molar-refractivity contribution in [1.82, 2.24) is 9.55 Å². The average molecular weight is 543 g/mol. The lowest BCUT2D eigenvalue weighted by Gasteiger charge is -2.37. The van der Waals surface area contributed by atoms with E-state index in [0.717, 1.165) is 4.57 Å². The van der Waals surface area contributed by atoms with E-state index in [1.165, 1.54) is 27.0 Å². The van der Waals surface area contributed by atoms with Gasteiger partial charge >= 0.3 is 21.3 Å². The van der Waals surface area contributed by atoms with Crippen molar-refractivity contribution in [2.24, 2.45) is 5.73 Å². The summed E-state index contributed by atoms with van der Waals surface area (Å²) in [5, 5.41) is 10.2. The zero-order chi connectivity index (χ0) is 26.3. The Bertz CT molecular complexity index is 1180. The van der Waals surface area contributed by atoms with Crippen LogP contribution in [0, 0.1) is 6.92 Å². The van der Waals surface area contributed by atoms with E-state index < -0.39 is 75.7 Å². The van der Waals surface area contributed by atoms with Crippen LogP contribution in [0.15, 0.2) is 15.8 Å². The molecule has 35 heavy (non-hydrogen) atoms. The van der Waals surface area contributed by atoms with Crippen LogP contribution in [0.3, 0.4) is 0 Å². The number of carbonyl (C=O) groups excluding carboxylic acids is 1. The number of hydrogen-bond acceptors (Lipinski definition) is 12. The minimum absolute atomic E-state index is 0.120. The van der Waals surface area contributed by atoms with Gasteiger partial charge in [0.1, 0.15) is 18.4 Å². The highest BCUT2D eigenvalue weighted by Crippen LogP contribution is 2.61. The maximum Gasteiger partial charge on any atom is 0.483 e. The molecule has 2 aliphatic heterocycles. The monoisotopic (exact) mass is 543 g/mol. The van der Waals surface area contributed by atoms with Gasteiger partial charge in [-0.3, -0.25) is 28.2 Å². The van der Waals surface area contributed by atoms with Crippen molar-refractivity contribution in [3.05, 3.63) is 32.6 Å². The largest absolute Gasteiger partial charge is 0.483 e. The Labute approximate surface area is 198 Å². The van der Waals surface area contributed by atoms with E-state index in [1.807, 2.05) is 0 Å². The number of ketones is 1. The molecule has 3 rings (SSSR count). The molecule has 198 valence electrons. The molecule has 0 amide bonds. The zero-order valence-corrected chi connectivity index (χ0v) is 20.7. The lowest BCUT2D eigenvalue weighted by Crippen LogP contribution is -2.57. The predicted molar refractivity (Wildman–Crippen MR) is 115 cm³/mol. The number of aryl methyl sites for hydroxylation is 1. The van der Waals surface area contributed by atoms with Gasteiger partial charge in [-0.15, -0.1) is 0 Å². The minimum atomic E-state index is -5.25. The van der Waals surface area contributed by atoms with Gasteiger partial charge in [0.15, 0.2) is 12.1 Å². The normalized spacial score (nSPS) is 34.9.